The number of Topliss-reactive ketones (excluding diaryl/α,β-unsaturated/α-hetero) is 1. The van der Waals surface area contributed by atoms with E-state index in [9.17, 15) is 14.9 Å². The second-order valence-electron chi connectivity index (χ2n) is 8.76. The van der Waals surface area contributed by atoms with Crippen LogP contribution in [0.1, 0.15) is 30.7 Å². The summed E-state index contributed by atoms with van der Waals surface area (Å²) in [5.41, 5.74) is 9.49. The molecule has 9 nitrogen and oxygen atoms in total. The summed E-state index contributed by atoms with van der Waals surface area (Å²) in [5, 5.41) is 22.5. The highest BCUT2D eigenvalue weighted by Gasteiger charge is 2.41. The van der Waals surface area contributed by atoms with E-state index in [2.05, 4.69) is 21.6 Å². The molecular weight excluding hydrogens is 556 g/mol. The highest BCUT2D eigenvalue weighted by Crippen LogP contribution is 2.47. The lowest BCUT2D eigenvalue weighted by Gasteiger charge is -2.38. The highest BCUT2D eigenvalue weighted by molar-refractivity contribution is 8.01. The van der Waals surface area contributed by atoms with Crippen molar-refractivity contribution >= 4 is 57.2 Å². The van der Waals surface area contributed by atoms with Gasteiger partial charge in [-0.05, 0) is 42.7 Å². The summed E-state index contributed by atoms with van der Waals surface area (Å²) in [7, 11) is 1.54. The van der Waals surface area contributed by atoms with Crippen molar-refractivity contribution in [3.05, 3.63) is 81.8 Å². The minimum atomic E-state index is -0.577. The van der Waals surface area contributed by atoms with E-state index in [1.807, 2.05) is 24.3 Å². The number of carbonyl (C=O) groups is 2. The van der Waals surface area contributed by atoms with Crippen molar-refractivity contribution in [2.24, 2.45) is 5.73 Å². The number of nitrogens with one attached hydrogen (secondary N) is 1. The molecule has 2 heterocycles. The molecule has 0 spiro atoms. The van der Waals surface area contributed by atoms with Crippen LogP contribution in [0.4, 0.5) is 10.8 Å². The number of nitrogens with two attached hydrogens (primary N) is 1. The van der Waals surface area contributed by atoms with E-state index < -0.39 is 5.92 Å². The number of halogens is 1. The van der Waals surface area contributed by atoms with Crippen LogP contribution in [-0.4, -0.2) is 34.8 Å². The van der Waals surface area contributed by atoms with Crippen molar-refractivity contribution in [2.75, 3.05) is 23.1 Å². The lowest BCUT2D eigenvalue weighted by Crippen LogP contribution is -2.38. The van der Waals surface area contributed by atoms with E-state index in [1.165, 1.54) is 23.1 Å². The summed E-state index contributed by atoms with van der Waals surface area (Å²) in [4.78, 5) is 27.5. The fourth-order valence-electron chi connectivity index (χ4n) is 4.71. The number of para-hydroxylation sites is 2. The maximum absolute atomic E-state index is 13.2. The Labute approximate surface area is 238 Å². The van der Waals surface area contributed by atoms with Crippen LogP contribution in [0.25, 0.3) is 0 Å². The van der Waals surface area contributed by atoms with Crippen molar-refractivity contribution < 1.29 is 14.3 Å². The number of ketones is 1. The molecule has 0 radical (unpaired) electrons. The van der Waals surface area contributed by atoms with E-state index in [0.717, 1.165) is 11.3 Å². The van der Waals surface area contributed by atoms with Gasteiger partial charge < -0.3 is 15.8 Å². The van der Waals surface area contributed by atoms with Gasteiger partial charge in [-0.25, -0.2) is 0 Å². The minimum Gasteiger partial charge on any atom is -0.495 e. The molecule has 39 heavy (non-hydrogen) atoms. The number of nitrogens with zero attached hydrogens (tertiary/aromatic N) is 4. The minimum absolute atomic E-state index is 0.0198. The van der Waals surface area contributed by atoms with Gasteiger partial charge in [0, 0.05) is 22.7 Å². The Morgan fingerprint density at radius 2 is 2.03 bits per heavy atom. The van der Waals surface area contributed by atoms with Gasteiger partial charge in [-0.3, -0.25) is 14.5 Å². The fraction of sp³-hybridized carbons (Fsp3) is 0.222. The van der Waals surface area contributed by atoms with Crippen LogP contribution in [0, 0.1) is 11.3 Å². The molecule has 1 amide bonds. The molecule has 0 bridgehead atoms. The van der Waals surface area contributed by atoms with E-state index >= 15 is 0 Å². The Kier molecular flexibility index (Phi) is 7.88. The number of thioether (sulfide) groups is 1. The Morgan fingerprint density at radius 3 is 2.77 bits per heavy atom. The lowest BCUT2D eigenvalue weighted by atomic mass is 9.76. The molecule has 1 aliphatic heterocycles. The van der Waals surface area contributed by atoms with Crippen LogP contribution in [0.5, 0.6) is 5.75 Å². The number of hydrogen-bond donors (Lipinski definition) is 2. The van der Waals surface area contributed by atoms with Gasteiger partial charge in [0.15, 0.2) is 10.1 Å². The fourth-order valence-corrected chi connectivity index (χ4v) is 6.51. The summed E-state index contributed by atoms with van der Waals surface area (Å²) in [5.74, 6) is 0.0663. The number of ether oxygens (including phenoxy) is 1. The molecule has 3 N–H and O–H groups in total. The van der Waals surface area contributed by atoms with Gasteiger partial charge in [0.05, 0.1) is 36.1 Å². The number of rotatable bonds is 7. The van der Waals surface area contributed by atoms with Crippen LogP contribution in [0.2, 0.25) is 5.02 Å². The lowest BCUT2D eigenvalue weighted by molar-refractivity contribution is -0.116. The first-order chi connectivity index (χ1) is 18.9. The Balaban J connectivity index is 1.41. The molecule has 1 aromatic heterocycles. The zero-order valence-electron chi connectivity index (χ0n) is 20.8. The zero-order valence-corrected chi connectivity index (χ0v) is 23.2. The molecule has 1 atom stereocenters. The summed E-state index contributed by atoms with van der Waals surface area (Å²) in [6.07, 6.45) is 1.67. The van der Waals surface area contributed by atoms with E-state index in [-0.39, 0.29) is 28.8 Å². The van der Waals surface area contributed by atoms with Gasteiger partial charge in [-0.15, -0.1) is 10.2 Å². The number of amides is 1. The summed E-state index contributed by atoms with van der Waals surface area (Å²) < 4.78 is 5.83. The van der Waals surface area contributed by atoms with Crippen molar-refractivity contribution in [2.45, 2.75) is 29.5 Å². The second-order valence-corrected chi connectivity index (χ2v) is 11.4. The standard InChI is InChI=1S/C27H23ClN6O3S2/c1-37-21-8-3-2-5-18(21)31-22(36)14-38-27-33-32-26(39-27)34-19-6-4-7-20(35)24(19)23(17(13-29)25(34)30)15-9-11-16(28)12-10-15/h2-3,5,8-12,23H,4,6-7,14,30H2,1H3,(H,31,36). The van der Waals surface area contributed by atoms with Gasteiger partial charge >= 0.3 is 0 Å². The monoisotopic (exact) mass is 578 g/mol. The SMILES string of the molecule is COc1ccccc1NC(=O)CSc1nnc(N2C(N)=C(C#N)C(c3ccc(Cl)cc3)C3=C2CCCC3=O)s1. The normalized spacial score (nSPS) is 17.1. The molecule has 1 aliphatic carbocycles. The van der Waals surface area contributed by atoms with Crippen molar-refractivity contribution in [3.63, 3.8) is 0 Å². The molecule has 0 saturated heterocycles. The predicted molar refractivity (Wildman–Crippen MR) is 152 cm³/mol. The number of anilines is 2. The Morgan fingerprint density at radius 1 is 1.26 bits per heavy atom. The van der Waals surface area contributed by atoms with Gasteiger partial charge in [0.25, 0.3) is 0 Å². The number of benzene rings is 2. The summed E-state index contributed by atoms with van der Waals surface area (Å²) in [6.45, 7) is 0. The van der Waals surface area contributed by atoms with Crippen LogP contribution in [0.3, 0.4) is 0 Å². The number of nitriles is 1. The molecule has 5 rings (SSSR count). The first-order valence-corrected chi connectivity index (χ1v) is 14.2. The molecule has 2 aromatic carbocycles. The van der Waals surface area contributed by atoms with Crippen LogP contribution in [-0.2, 0) is 9.59 Å². The summed E-state index contributed by atoms with van der Waals surface area (Å²) in [6, 6.07) is 16.5. The number of methoxy groups -OCH3 is 1. The average molecular weight is 579 g/mol. The van der Waals surface area contributed by atoms with E-state index in [4.69, 9.17) is 22.1 Å². The van der Waals surface area contributed by atoms with E-state index in [1.54, 1.807) is 36.3 Å². The van der Waals surface area contributed by atoms with Crippen molar-refractivity contribution in [3.8, 4) is 11.8 Å². The quantitative estimate of drug-likeness (QED) is 0.361. The molecule has 1 unspecified atom stereocenters. The third-order valence-electron chi connectivity index (χ3n) is 6.41. The van der Waals surface area contributed by atoms with E-state index in [0.29, 0.717) is 50.8 Å². The predicted octanol–water partition coefficient (Wildman–Crippen LogP) is 5.24. The summed E-state index contributed by atoms with van der Waals surface area (Å²) >= 11 is 8.56. The molecule has 12 heteroatoms. The molecule has 3 aromatic rings. The molecule has 0 fully saturated rings. The maximum Gasteiger partial charge on any atom is 0.234 e. The third-order valence-corrected chi connectivity index (χ3v) is 8.71. The van der Waals surface area contributed by atoms with Crippen molar-refractivity contribution in [1.82, 2.24) is 10.2 Å². The zero-order chi connectivity index (χ0) is 27.5. The van der Waals surface area contributed by atoms with Crippen molar-refractivity contribution in [1.29, 1.82) is 5.26 Å². The number of aromatic nitrogens is 2. The maximum atomic E-state index is 13.2. The topological polar surface area (TPSA) is 134 Å². The number of carbonyl (C=O) groups excluding carboxylic acids is 2. The third kappa shape index (κ3) is 5.36. The number of allylic oxidation sites excluding steroid dienone is 3. The molecular formula is C27H23ClN6O3S2. The van der Waals surface area contributed by atoms with Gasteiger partial charge in [-0.1, -0.05) is 59.0 Å². The molecule has 198 valence electrons. The Hall–Kier alpha value is -3.85. The second kappa shape index (κ2) is 11.5. The largest absolute Gasteiger partial charge is 0.495 e. The van der Waals surface area contributed by atoms with Crippen LogP contribution < -0.4 is 20.7 Å². The highest BCUT2D eigenvalue weighted by atomic mass is 35.5. The number of hydrogen-bond acceptors (Lipinski definition) is 10. The van der Waals surface area contributed by atoms with Gasteiger partial charge in [-0.2, -0.15) is 5.26 Å². The van der Waals surface area contributed by atoms with Crippen LogP contribution >= 0.6 is 34.7 Å². The molecule has 2 aliphatic rings. The van der Waals surface area contributed by atoms with Gasteiger partial charge in [0.1, 0.15) is 11.6 Å². The first kappa shape index (κ1) is 26.7. The first-order valence-electron chi connectivity index (χ1n) is 12.0. The molecule has 0 saturated carbocycles. The Bertz CT molecular complexity index is 1540. The smallest absolute Gasteiger partial charge is 0.234 e. The van der Waals surface area contributed by atoms with Crippen LogP contribution in [0.15, 0.2) is 75.5 Å². The average Bonchev–Trinajstić information content (AvgIpc) is 3.40. The van der Waals surface area contributed by atoms with Gasteiger partial charge in [0.2, 0.25) is 11.0 Å².